The molecule has 0 unspecified atom stereocenters. The zero-order valence-corrected chi connectivity index (χ0v) is 13.0. The highest BCUT2D eigenvalue weighted by molar-refractivity contribution is 7.89. The molecule has 1 aromatic carbocycles. The van der Waals surface area contributed by atoms with E-state index in [0.717, 1.165) is 11.6 Å². The summed E-state index contributed by atoms with van der Waals surface area (Å²) in [5, 5.41) is 0. The normalized spacial score (nSPS) is 11.8. The molecule has 1 heterocycles. The summed E-state index contributed by atoms with van der Waals surface area (Å²) in [5.74, 6) is -0.767. The van der Waals surface area contributed by atoms with Gasteiger partial charge in [-0.05, 0) is 23.8 Å². The number of aromatic nitrogens is 1. The number of nitrogens with zero attached hydrogens (tertiary/aromatic N) is 2. The van der Waals surface area contributed by atoms with Crippen molar-refractivity contribution in [3.8, 4) is 0 Å². The second kappa shape index (κ2) is 7.44. The van der Waals surface area contributed by atoms with Crippen molar-refractivity contribution in [1.82, 2.24) is 9.29 Å². The van der Waals surface area contributed by atoms with E-state index in [1.807, 2.05) is 0 Å². The monoisotopic (exact) mass is 324 g/mol. The highest BCUT2D eigenvalue weighted by Gasteiger charge is 2.27. The number of methoxy groups -OCH3 is 1. The van der Waals surface area contributed by atoms with E-state index in [-0.39, 0.29) is 24.6 Å². The molecule has 0 N–H and O–H groups in total. The lowest BCUT2D eigenvalue weighted by molar-refractivity contribution is 0.177. The zero-order valence-electron chi connectivity index (χ0n) is 12.1. The predicted molar refractivity (Wildman–Crippen MR) is 80.1 cm³/mol. The zero-order chi connectivity index (χ0) is 16.0. The highest BCUT2D eigenvalue weighted by atomic mass is 32.2. The maximum absolute atomic E-state index is 13.9. The third kappa shape index (κ3) is 3.88. The van der Waals surface area contributed by atoms with Gasteiger partial charge < -0.3 is 4.74 Å². The predicted octanol–water partition coefficient (Wildman–Crippen LogP) is 2.06. The van der Waals surface area contributed by atoms with Crippen LogP contribution in [0.3, 0.4) is 0 Å². The van der Waals surface area contributed by atoms with Gasteiger partial charge in [0, 0.05) is 32.6 Å². The van der Waals surface area contributed by atoms with E-state index in [2.05, 4.69) is 4.98 Å². The van der Waals surface area contributed by atoms with Crippen LogP contribution < -0.4 is 0 Å². The Labute approximate surface area is 129 Å². The summed E-state index contributed by atoms with van der Waals surface area (Å²) in [5.41, 5.74) is 0.721. The third-order valence-electron chi connectivity index (χ3n) is 3.08. The van der Waals surface area contributed by atoms with Crippen molar-refractivity contribution in [3.05, 3.63) is 60.2 Å². The van der Waals surface area contributed by atoms with Crippen molar-refractivity contribution >= 4 is 10.0 Å². The molecule has 0 saturated carbocycles. The minimum absolute atomic E-state index is 0.105. The number of rotatable bonds is 7. The Morgan fingerprint density at radius 2 is 2.00 bits per heavy atom. The Morgan fingerprint density at radius 1 is 1.23 bits per heavy atom. The molecule has 0 bridgehead atoms. The van der Waals surface area contributed by atoms with Gasteiger partial charge in [0.05, 0.1) is 6.61 Å². The van der Waals surface area contributed by atoms with Crippen LogP contribution >= 0.6 is 0 Å². The van der Waals surface area contributed by atoms with Gasteiger partial charge in [-0.15, -0.1) is 0 Å². The summed E-state index contributed by atoms with van der Waals surface area (Å²) in [6.07, 6.45) is 3.19. The summed E-state index contributed by atoms with van der Waals surface area (Å²) in [6, 6.07) is 8.83. The SMILES string of the molecule is COCCN(Cc1cccnc1)S(=O)(=O)c1ccccc1F. The second-order valence-electron chi connectivity index (χ2n) is 4.62. The summed E-state index contributed by atoms with van der Waals surface area (Å²) in [6.45, 7) is 0.448. The highest BCUT2D eigenvalue weighted by Crippen LogP contribution is 2.20. The Kier molecular flexibility index (Phi) is 5.59. The molecule has 0 amide bonds. The van der Waals surface area contributed by atoms with E-state index in [1.54, 1.807) is 24.5 Å². The first-order valence-corrected chi connectivity index (χ1v) is 8.12. The van der Waals surface area contributed by atoms with Crippen LogP contribution in [-0.4, -0.2) is 38.0 Å². The molecule has 0 atom stereocenters. The van der Waals surface area contributed by atoms with Crippen molar-refractivity contribution in [2.75, 3.05) is 20.3 Å². The Balaban J connectivity index is 2.33. The van der Waals surface area contributed by atoms with Gasteiger partial charge >= 0.3 is 0 Å². The molecule has 0 saturated heterocycles. The number of sulfonamides is 1. The average Bonchev–Trinajstić information content (AvgIpc) is 2.52. The number of pyridine rings is 1. The molecule has 1 aromatic heterocycles. The van der Waals surface area contributed by atoms with Crippen LogP contribution in [0.15, 0.2) is 53.7 Å². The van der Waals surface area contributed by atoms with Crippen molar-refractivity contribution < 1.29 is 17.5 Å². The maximum Gasteiger partial charge on any atom is 0.246 e. The first kappa shape index (κ1) is 16.5. The fourth-order valence-corrected chi connectivity index (χ4v) is 3.44. The lowest BCUT2D eigenvalue weighted by Gasteiger charge is -2.22. The van der Waals surface area contributed by atoms with Gasteiger partial charge in [0.2, 0.25) is 10.0 Å². The molecule has 22 heavy (non-hydrogen) atoms. The van der Waals surface area contributed by atoms with Crippen LogP contribution in [0.2, 0.25) is 0 Å². The van der Waals surface area contributed by atoms with E-state index in [1.165, 1.54) is 29.6 Å². The van der Waals surface area contributed by atoms with Gasteiger partial charge in [-0.3, -0.25) is 4.98 Å². The fraction of sp³-hybridized carbons (Fsp3) is 0.267. The molecule has 2 aromatic rings. The van der Waals surface area contributed by atoms with Gasteiger partial charge in [0.15, 0.2) is 0 Å². The van der Waals surface area contributed by atoms with E-state index in [4.69, 9.17) is 4.74 Å². The van der Waals surface area contributed by atoms with Gasteiger partial charge in [-0.1, -0.05) is 18.2 Å². The summed E-state index contributed by atoms with van der Waals surface area (Å²) >= 11 is 0. The van der Waals surface area contributed by atoms with E-state index in [0.29, 0.717) is 0 Å². The van der Waals surface area contributed by atoms with Crippen molar-refractivity contribution in [1.29, 1.82) is 0 Å². The summed E-state index contributed by atoms with van der Waals surface area (Å²) in [7, 11) is -2.47. The fourth-order valence-electron chi connectivity index (χ4n) is 1.97. The standard InChI is InChI=1S/C15H17FN2O3S/c1-21-10-9-18(12-13-5-4-8-17-11-13)22(19,20)15-7-3-2-6-14(15)16/h2-8,11H,9-10,12H2,1H3. The van der Waals surface area contributed by atoms with Crippen molar-refractivity contribution in [2.45, 2.75) is 11.4 Å². The molecule has 0 aliphatic carbocycles. The summed E-state index contributed by atoms with van der Waals surface area (Å²) < 4.78 is 45.3. The first-order chi connectivity index (χ1) is 10.6. The molecule has 5 nitrogen and oxygen atoms in total. The molecule has 0 aliphatic rings. The molecular formula is C15H17FN2O3S. The van der Waals surface area contributed by atoms with Gasteiger partial charge in [-0.25, -0.2) is 12.8 Å². The largest absolute Gasteiger partial charge is 0.383 e. The van der Waals surface area contributed by atoms with E-state index >= 15 is 0 Å². The molecule has 0 spiro atoms. The lowest BCUT2D eigenvalue weighted by atomic mass is 10.3. The Hall–Kier alpha value is -1.83. The van der Waals surface area contributed by atoms with Crippen LogP contribution in [0.25, 0.3) is 0 Å². The van der Waals surface area contributed by atoms with Crippen molar-refractivity contribution in [2.24, 2.45) is 0 Å². The van der Waals surface area contributed by atoms with Gasteiger partial charge in [-0.2, -0.15) is 4.31 Å². The molecule has 118 valence electrons. The first-order valence-electron chi connectivity index (χ1n) is 6.68. The van der Waals surface area contributed by atoms with E-state index in [9.17, 15) is 12.8 Å². The summed E-state index contributed by atoms with van der Waals surface area (Å²) in [4.78, 5) is 3.63. The van der Waals surface area contributed by atoms with Crippen LogP contribution in [0.4, 0.5) is 4.39 Å². The molecule has 0 aliphatic heterocycles. The van der Waals surface area contributed by atoms with Crippen LogP contribution in [-0.2, 0) is 21.3 Å². The van der Waals surface area contributed by atoms with E-state index < -0.39 is 15.8 Å². The molecule has 7 heteroatoms. The van der Waals surface area contributed by atoms with Gasteiger partial charge in [0.1, 0.15) is 10.7 Å². The molecule has 2 rings (SSSR count). The average molecular weight is 324 g/mol. The topological polar surface area (TPSA) is 59.5 Å². The Morgan fingerprint density at radius 3 is 2.64 bits per heavy atom. The lowest BCUT2D eigenvalue weighted by Crippen LogP contribution is -2.34. The maximum atomic E-state index is 13.9. The molecule has 0 fully saturated rings. The number of hydrogen-bond donors (Lipinski definition) is 0. The number of hydrogen-bond acceptors (Lipinski definition) is 4. The second-order valence-corrected chi connectivity index (χ2v) is 6.53. The smallest absolute Gasteiger partial charge is 0.246 e. The quantitative estimate of drug-likeness (QED) is 0.782. The number of benzene rings is 1. The van der Waals surface area contributed by atoms with Gasteiger partial charge in [0.25, 0.3) is 0 Å². The minimum atomic E-state index is -3.95. The third-order valence-corrected chi connectivity index (χ3v) is 4.96. The minimum Gasteiger partial charge on any atom is -0.383 e. The number of ether oxygens (including phenoxy) is 1. The number of halogens is 1. The van der Waals surface area contributed by atoms with Crippen LogP contribution in [0.1, 0.15) is 5.56 Å². The Bertz CT molecular complexity index is 708. The molecular weight excluding hydrogens is 307 g/mol. The van der Waals surface area contributed by atoms with Crippen molar-refractivity contribution in [3.63, 3.8) is 0 Å². The van der Waals surface area contributed by atoms with Crippen LogP contribution in [0, 0.1) is 5.82 Å². The molecule has 0 radical (unpaired) electrons. The van der Waals surface area contributed by atoms with Crippen LogP contribution in [0.5, 0.6) is 0 Å².